The number of ketones is 2. The maximum atomic E-state index is 13.3. The predicted octanol–water partition coefficient (Wildman–Crippen LogP) is 5.45. The van der Waals surface area contributed by atoms with E-state index in [1.54, 1.807) is 30.5 Å². The average molecular weight is 405 g/mol. The van der Waals surface area contributed by atoms with Gasteiger partial charge in [-0.25, -0.2) is 0 Å². The van der Waals surface area contributed by atoms with Gasteiger partial charge in [0.1, 0.15) is 5.75 Å². The Morgan fingerprint density at radius 2 is 1.45 bits per heavy atom. The number of hydrogen-bond acceptors (Lipinski definition) is 3. The van der Waals surface area contributed by atoms with Crippen LogP contribution in [0.3, 0.4) is 0 Å². The molecule has 0 spiro atoms. The van der Waals surface area contributed by atoms with Gasteiger partial charge in [0.25, 0.3) is 0 Å². The van der Waals surface area contributed by atoms with Gasteiger partial charge in [0.15, 0.2) is 11.6 Å². The molecule has 150 valence electrons. The number of benzene rings is 3. The number of carbonyl (C=O) groups is 2. The topological polar surface area (TPSA) is 58.8 Å². The summed E-state index contributed by atoms with van der Waals surface area (Å²) < 4.78 is 1.89. The minimum absolute atomic E-state index is 0.0639. The van der Waals surface area contributed by atoms with Crippen LogP contribution < -0.4 is 0 Å². The molecule has 31 heavy (non-hydrogen) atoms. The van der Waals surface area contributed by atoms with E-state index in [9.17, 15) is 14.7 Å². The summed E-state index contributed by atoms with van der Waals surface area (Å²) >= 11 is 0. The number of aromatic hydroxyl groups is 1. The zero-order chi connectivity index (χ0) is 21.4. The largest absolute Gasteiger partial charge is 0.507 e. The van der Waals surface area contributed by atoms with Crippen molar-refractivity contribution in [3.63, 3.8) is 0 Å². The number of carbonyl (C=O) groups excluding carboxylic acids is 2. The first-order valence-corrected chi connectivity index (χ1v) is 10.1. The molecule has 0 aliphatic carbocycles. The zero-order valence-corrected chi connectivity index (χ0v) is 16.7. The molecular formula is C27H19NO3. The van der Waals surface area contributed by atoms with Crippen molar-refractivity contribution in [1.29, 1.82) is 0 Å². The first-order valence-electron chi connectivity index (χ1n) is 10.1. The van der Waals surface area contributed by atoms with Crippen LogP contribution >= 0.6 is 0 Å². The lowest BCUT2D eigenvalue weighted by molar-refractivity contribution is 0.0994. The summed E-state index contributed by atoms with van der Waals surface area (Å²) in [6.07, 6.45) is 1.98. The molecule has 0 aliphatic heterocycles. The Labute approximate surface area is 179 Å². The van der Waals surface area contributed by atoms with Crippen molar-refractivity contribution in [3.8, 4) is 5.75 Å². The second kappa shape index (κ2) is 7.58. The lowest BCUT2D eigenvalue weighted by Gasteiger charge is -2.10. The van der Waals surface area contributed by atoms with Crippen LogP contribution in [0.2, 0.25) is 0 Å². The van der Waals surface area contributed by atoms with Crippen LogP contribution in [0.1, 0.15) is 31.8 Å². The van der Waals surface area contributed by atoms with Gasteiger partial charge in [-0.05, 0) is 35.9 Å². The van der Waals surface area contributed by atoms with Crippen molar-refractivity contribution in [3.05, 3.63) is 119 Å². The monoisotopic (exact) mass is 405 g/mol. The molecule has 0 unspecified atom stereocenters. The molecule has 1 N–H and O–H groups in total. The van der Waals surface area contributed by atoms with Crippen molar-refractivity contribution in [2.24, 2.45) is 0 Å². The quantitative estimate of drug-likeness (QED) is 0.395. The molecule has 5 aromatic rings. The Hall–Kier alpha value is -4.18. The van der Waals surface area contributed by atoms with Gasteiger partial charge in [0, 0.05) is 29.1 Å². The summed E-state index contributed by atoms with van der Waals surface area (Å²) in [6.45, 7) is 0. The van der Waals surface area contributed by atoms with Crippen LogP contribution in [-0.2, 0) is 6.42 Å². The van der Waals surface area contributed by atoms with E-state index in [0.29, 0.717) is 11.1 Å². The van der Waals surface area contributed by atoms with Gasteiger partial charge < -0.3 is 9.51 Å². The molecule has 0 aliphatic rings. The van der Waals surface area contributed by atoms with E-state index in [2.05, 4.69) is 0 Å². The maximum Gasteiger partial charge on any atom is 0.198 e. The third kappa shape index (κ3) is 3.38. The van der Waals surface area contributed by atoms with Crippen LogP contribution in [0.5, 0.6) is 5.75 Å². The van der Waals surface area contributed by atoms with Gasteiger partial charge in [-0.2, -0.15) is 0 Å². The number of nitrogens with zero attached hydrogens (tertiary/aromatic N) is 1. The van der Waals surface area contributed by atoms with Crippen molar-refractivity contribution in [2.45, 2.75) is 6.42 Å². The summed E-state index contributed by atoms with van der Waals surface area (Å²) in [5.74, 6) is -0.473. The van der Waals surface area contributed by atoms with Crippen molar-refractivity contribution >= 4 is 28.0 Å². The van der Waals surface area contributed by atoms with E-state index in [1.807, 2.05) is 65.1 Å². The van der Waals surface area contributed by atoms with Gasteiger partial charge >= 0.3 is 0 Å². The van der Waals surface area contributed by atoms with Gasteiger partial charge in [-0.3, -0.25) is 9.59 Å². The summed E-state index contributed by atoms with van der Waals surface area (Å²) in [7, 11) is 0. The summed E-state index contributed by atoms with van der Waals surface area (Å²) in [6, 6.07) is 27.4. The first kappa shape index (κ1) is 18.8. The second-order valence-corrected chi connectivity index (χ2v) is 7.53. The number of pyridine rings is 1. The molecule has 2 aromatic heterocycles. The number of para-hydroxylation sites is 2. The Balaban J connectivity index is 1.70. The fraction of sp³-hybridized carbons (Fsp3) is 0.0370. The lowest BCUT2D eigenvalue weighted by Crippen LogP contribution is -2.10. The minimum atomic E-state index is -0.327. The molecule has 0 saturated carbocycles. The van der Waals surface area contributed by atoms with E-state index in [-0.39, 0.29) is 29.3 Å². The molecule has 0 amide bonds. The molecule has 0 bridgehead atoms. The second-order valence-electron chi connectivity index (χ2n) is 7.53. The SMILES string of the molecule is O=C(c1cc(C(=O)Cc2ccccc2)c2cc3ccccc3n2c1)c1ccccc1O. The van der Waals surface area contributed by atoms with Crippen molar-refractivity contribution in [2.75, 3.05) is 0 Å². The Morgan fingerprint density at radius 1 is 0.742 bits per heavy atom. The molecule has 0 saturated heterocycles. The molecule has 2 heterocycles. The first-order chi connectivity index (χ1) is 15.1. The molecule has 0 fully saturated rings. The van der Waals surface area contributed by atoms with Gasteiger partial charge in [-0.1, -0.05) is 60.7 Å². The normalized spacial score (nSPS) is 11.1. The lowest BCUT2D eigenvalue weighted by atomic mass is 9.98. The standard InChI is InChI=1S/C27H19NO3/c29-25-13-7-5-11-21(25)27(31)20-15-22(26(30)14-18-8-2-1-3-9-18)24-16-19-10-4-6-12-23(19)28(24)17-20/h1-13,15-17,29H,14H2. The highest BCUT2D eigenvalue weighted by Gasteiger charge is 2.20. The molecule has 4 nitrogen and oxygen atoms in total. The number of phenols is 1. The number of rotatable bonds is 5. The summed E-state index contributed by atoms with van der Waals surface area (Å²) in [5, 5.41) is 11.2. The van der Waals surface area contributed by atoms with Crippen LogP contribution in [0, 0.1) is 0 Å². The molecule has 0 radical (unpaired) electrons. The fourth-order valence-corrected chi connectivity index (χ4v) is 3.97. The highest BCUT2D eigenvalue weighted by atomic mass is 16.3. The molecular weight excluding hydrogens is 386 g/mol. The zero-order valence-electron chi connectivity index (χ0n) is 16.7. The van der Waals surface area contributed by atoms with E-state index < -0.39 is 0 Å². The van der Waals surface area contributed by atoms with Crippen molar-refractivity contribution in [1.82, 2.24) is 4.40 Å². The van der Waals surface area contributed by atoms with Crippen molar-refractivity contribution < 1.29 is 14.7 Å². The average Bonchev–Trinajstić information content (AvgIpc) is 3.17. The predicted molar refractivity (Wildman–Crippen MR) is 121 cm³/mol. The van der Waals surface area contributed by atoms with Crippen LogP contribution in [0.4, 0.5) is 0 Å². The molecule has 4 heteroatoms. The van der Waals surface area contributed by atoms with E-state index >= 15 is 0 Å². The third-order valence-corrected chi connectivity index (χ3v) is 5.51. The Bertz CT molecular complexity index is 1450. The number of aromatic nitrogens is 1. The molecule has 5 rings (SSSR count). The number of phenolic OH excluding ortho intramolecular Hbond substituents is 1. The molecule has 0 atom stereocenters. The fourth-order valence-electron chi connectivity index (χ4n) is 3.97. The van der Waals surface area contributed by atoms with Gasteiger partial charge in [-0.15, -0.1) is 0 Å². The minimum Gasteiger partial charge on any atom is -0.507 e. The Kier molecular flexibility index (Phi) is 4.60. The Morgan fingerprint density at radius 3 is 2.26 bits per heavy atom. The maximum absolute atomic E-state index is 13.3. The number of hydrogen-bond donors (Lipinski definition) is 1. The summed E-state index contributed by atoms with van der Waals surface area (Å²) in [4.78, 5) is 26.5. The number of Topliss-reactive ketones (excluding diaryl/α,β-unsaturated/α-hetero) is 1. The number of fused-ring (bicyclic) bond motifs is 3. The van der Waals surface area contributed by atoms with E-state index in [4.69, 9.17) is 0 Å². The highest BCUT2D eigenvalue weighted by Crippen LogP contribution is 2.27. The summed E-state index contributed by atoms with van der Waals surface area (Å²) in [5.41, 5.74) is 3.64. The molecule has 3 aromatic carbocycles. The van der Waals surface area contributed by atoms with Gasteiger partial charge in [0.05, 0.1) is 16.6 Å². The van der Waals surface area contributed by atoms with E-state index in [1.165, 1.54) is 6.07 Å². The van der Waals surface area contributed by atoms with E-state index in [0.717, 1.165) is 22.0 Å². The van der Waals surface area contributed by atoms with Crippen LogP contribution in [-0.4, -0.2) is 21.1 Å². The van der Waals surface area contributed by atoms with Crippen LogP contribution in [0.25, 0.3) is 16.4 Å². The van der Waals surface area contributed by atoms with Crippen LogP contribution in [0.15, 0.2) is 97.2 Å². The smallest absolute Gasteiger partial charge is 0.198 e. The third-order valence-electron chi connectivity index (χ3n) is 5.51. The highest BCUT2D eigenvalue weighted by molar-refractivity contribution is 6.13. The van der Waals surface area contributed by atoms with Gasteiger partial charge in [0.2, 0.25) is 0 Å².